The van der Waals surface area contributed by atoms with Crippen LogP contribution in [0.1, 0.15) is 18.3 Å². The molecule has 1 aliphatic rings. The molecule has 0 aromatic carbocycles. The van der Waals surface area contributed by atoms with Crippen LogP contribution < -0.4 is 10.6 Å². The van der Waals surface area contributed by atoms with E-state index in [-0.39, 0.29) is 6.04 Å². The molecule has 2 unspecified atom stereocenters. The van der Waals surface area contributed by atoms with E-state index in [9.17, 15) is 0 Å². The minimum Gasteiger partial charge on any atom is -0.353 e. The molecule has 0 saturated carbocycles. The minimum absolute atomic E-state index is 0.256. The Morgan fingerprint density at radius 1 is 1.40 bits per heavy atom. The molecular formula is C11H18N4. The van der Waals surface area contributed by atoms with Crippen LogP contribution in [0.3, 0.4) is 0 Å². The molecule has 4 heteroatoms. The summed E-state index contributed by atoms with van der Waals surface area (Å²) < 4.78 is 0. The molecule has 82 valence electrons. The number of nitrogens with two attached hydrogens (primary N) is 1. The van der Waals surface area contributed by atoms with E-state index in [0.29, 0.717) is 5.92 Å². The average molecular weight is 206 g/mol. The SMILES string of the molecule is Cc1cnc(C)c(N2CC(C)C(N)C2)n1. The summed E-state index contributed by atoms with van der Waals surface area (Å²) in [7, 11) is 0. The van der Waals surface area contributed by atoms with E-state index >= 15 is 0 Å². The average Bonchev–Trinajstić information content (AvgIpc) is 2.51. The molecule has 1 aliphatic heterocycles. The molecule has 2 heterocycles. The van der Waals surface area contributed by atoms with E-state index in [1.807, 2.05) is 13.8 Å². The van der Waals surface area contributed by atoms with Crippen molar-refractivity contribution in [1.82, 2.24) is 9.97 Å². The number of rotatable bonds is 1. The maximum atomic E-state index is 6.00. The summed E-state index contributed by atoms with van der Waals surface area (Å²) in [6.45, 7) is 8.02. The molecule has 1 aromatic rings. The number of hydrogen-bond donors (Lipinski definition) is 1. The molecule has 1 aromatic heterocycles. The van der Waals surface area contributed by atoms with Gasteiger partial charge in [-0.1, -0.05) is 6.92 Å². The quantitative estimate of drug-likeness (QED) is 0.741. The van der Waals surface area contributed by atoms with Crippen LogP contribution >= 0.6 is 0 Å². The largest absolute Gasteiger partial charge is 0.353 e. The van der Waals surface area contributed by atoms with Gasteiger partial charge in [0.2, 0.25) is 0 Å². The predicted molar refractivity (Wildman–Crippen MR) is 60.9 cm³/mol. The highest BCUT2D eigenvalue weighted by atomic mass is 15.2. The lowest BCUT2D eigenvalue weighted by Gasteiger charge is -2.18. The molecule has 0 bridgehead atoms. The van der Waals surface area contributed by atoms with Gasteiger partial charge in [-0.15, -0.1) is 0 Å². The van der Waals surface area contributed by atoms with Crippen molar-refractivity contribution in [2.45, 2.75) is 26.8 Å². The van der Waals surface area contributed by atoms with Crippen LogP contribution in [0.25, 0.3) is 0 Å². The summed E-state index contributed by atoms with van der Waals surface area (Å²) in [4.78, 5) is 11.1. The first-order valence-electron chi connectivity index (χ1n) is 5.38. The Hall–Kier alpha value is -1.16. The fourth-order valence-electron chi connectivity index (χ4n) is 1.99. The van der Waals surface area contributed by atoms with Gasteiger partial charge >= 0.3 is 0 Å². The molecule has 2 atom stereocenters. The normalized spacial score (nSPS) is 26.0. The van der Waals surface area contributed by atoms with Gasteiger partial charge in [0.05, 0.1) is 11.4 Å². The lowest BCUT2D eigenvalue weighted by Crippen LogP contribution is -2.29. The van der Waals surface area contributed by atoms with Crippen LogP contribution in [0.5, 0.6) is 0 Å². The summed E-state index contributed by atoms with van der Waals surface area (Å²) in [5.41, 5.74) is 7.95. The molecular weight excluding hydrogens is 188 g/mol. The van der Waals surface area contributed by atoms with Crippen LogP contribution in [-0.2, 0) is 0 Å². The van der Waals surface area contributed by atoms with E-state index in [1.165, 1.54) is 0 Å². The zero-order valence-electron chi connectivity index (χ0n) is 9.57. The number of aromatic nitrogens is 2. The monoisotopic (exact) mass is 206 g/mol. The number of anilines is 1. The molecule has 0 radical (unpaired) electrons. The Kier molecular flexibility index (Phi) is 2.61. The van der Waals surface area contributed by atoms with Gasteiger partial charge in [0.1, 0.15) is 5.82 Å². The number of aryl methyl sites for hydroxylation is 2. The van der Waals surface area contributed by atoms with Gasteiger partial charge in [0.25, 0.3) is 0 Å². The van der Waals surface area contributed by atoms with Crippen molar-refractivity contribution in [1.29, 1.82) is 0 Å². The summed E-state index contributed by atoms with van der Waals surface area (Å²) in [5, 5.41) is 0. The second-order valence-electron chi connectivity index (χ2n) is 4.47. The van der Waals surface area contributed by atoms with Gasteiger partial charge in [-0.25, -0.2) is 4.98 Å². The summed E-state index contributed by atoms with van der Waals surface area (Å²) >= 11 is 0. The Labute approximate surface area is 90.5 Å². The molecule has 4 nitrogen and oxygen atoms in total. The maximum Gasteiger partial charge on any atom is 0.150 e. The van der Waals surface area contributed by atoms with E-state index in [2.05, 4.69) is 21.8 Å². The molecule has 2 N–H and O–H groups in total. The zero-order valence-corrected chi connectivity index (χ0v) is 9.57. The molecule has 0 spiro atoms. The standard InChI is InChI=1S/C11H18N4/c1-7-5-15(6-10(7)12)11-9(3)13-4-8(2)14-11/h4,7,10H,5-6,12H2,1-3H3. The summed E-state index contributed by atoms with van der Waals surface area (Å²) in [6, 6.07) is 0.256. The highest BCUT2D eigenvalue weighted by Gasteiger charge is 2.28. The van der Waals surface area contributed by atoms with Crippen LogP contribution in [0.2, 0.25) is 0 Å². The number of hydrogen-bond acceptors (Lipinski definition) is 4. The van der Waals surface area contributed by atoms with Crippen molar-refractivity contribution < 1.29 is 0 Å². The van der Waals surface area contributed by atoms with Crippen molar-refractivity contribution >= 4 is 5.82 Å². The minimum atomic E-state index is 0.256. The van der Waals surface area contributed by atoms with Gasteiger partial charge in [0, 0.05) is 25.3 Å². The Morgan fingerprint density at radius 3 is 2.73 bits per heavy atom. The lowest BCUT2D eigenvalue weighted by molar-refractivity contribution is 0.566. The van der Waals surface area contributed by atoms with Crippen molar-refractivity contribution in [2.75, 3.05) is 18.0 Å². The van der Waals surface area contributed by atoms with Gasteiger partial charge in [-0.05, 0) is 19.8 Å². The second kappa shape index (κ2) is 3.77. The van der Waals surface area contributed by atoms with Crippen molar-refractivity contribution in [3.8, 4) is 0 Å². The smallest absolute Gasteiger partial charge is 0.150 e. The zero-order chi connectivity index (χ0) is 11.0. The fourth-order valence-corrected chi connectivity index (χ4v) is 1.99. The third-order valence-electron chi connectivity index (χ3n) is 3.02. The Bertz CT molecular complexity index is 354. The highest BCUT2D eigenvalue weighted by molar-refractivity contribution is 5.44. The molecule has 15 heavy (non-hydrogen) atoms. The van der Waals surface area contributed by atoms with Crippen molar-refractivity contribution in [3.05, 3.63) is 17.6 Å². The van der Waals surface area contributed by atoms with Gasteiger partial charge in [0.15, 0.2) is 0 Å². The van der Waals surface area contributed by atoms with Crippen LogP contribution in [0.4, 0.5) is 5.82 Å². The van der Waals surface area contributed by atoms with E-state index in [4.69, 9.17) is 5.73 Å². The van der Waals surface area contributed by atoms with Gasteiger partial charge in [-0.3, -0.25) is 4.98 Å². The Balaban J connectivity index is 2.27. The third kappa shape index (κ3) is 1.95. The second-order valence-corrected chi connectivity index (χ2v) is 4.47. The van der Waals surface area contributed by atoms with E-state index in [1.54, 1.807) is 6.20 Å². The Morgan fingerprint density at radius 2 is 2.13 bits per heavy atom. The van der Waals surface area contributed by atoms with Gasteiger partial charge in [-0.2, -0.15) is 0 Å². The molecule has 2 rings (SSSR count). The summed E-state index contributed by atoms with van der Waals surface area (Å²) in [5.74, 6) is 1.53. The van der Waals surface area contributed by atoms with Crippen molar-refractivity contribution in [3.63, 3.8) is 0 Å². The predicted octanol–water partition coefficient (Wildman–Crippen LogP) is 0.877. The van der Waals surface area contributed by atoms with E-state index in [0.717, 1.165) is 30.3 Å². The van der Waals surface area contributed by atoms with Crippen molar-refractivity contribution in [2.24, 2.45) is 11.7 Å². The first-order chi connectivity index (χ1) is 7.08. The summed E-state index contributed by atoms with van der Waals surface area (Å²) in [6.07, 6.45) is 1.80. The first kappa shape index (κ1) is 10.4. The van der Waals surface area contributed by atoms with Crippen LogP contribution in [0.15, 0.2) is 6.20 Å². The van der Waals surface area contributed by atoms with E-state index < -0.39 is 0 Å². The van der Waals surface area contributed by atoms with Gasteiger partial charge < -0.3 is 10.6 Å². The number of nitrogens with zero attached hydrogens (tertiary/aromatic N) is 3. The van der Waals surface area contributed by atoms with Crippen LogP contribution in [0, 0.1) is 19.8 Å². The molecule has 1 saturated heterocycles. The van der Waals surface area contributed by atoms with Crippen LogP contribution in [-0.4, -0.2) is 29.1 Å². The topological polar surface area (TPSA) is 55.0 Å². The highest BCUT2D eigenvalue weighted by Crippen LogP contribution is 2.23. The lowest BCUT2D eigenvalue weighted by atomic mass is 10.1. The molecule has 1 fully saturated rings. The first-order valence-corrected chi connectivity index (χ1v) is 5.38. The fraction of sp³-hybridized carbons (Fsp3) is 0.636. The maximum absolute atomic E-state index is 6.00. The third-order valence-corrected chi connectivity index (χ3v) is 3.02. The molecule has 0 amide bonds. The molecule has 0 aliphatic carbocycles.